The Balaban J connectivity index is 1.80. The van der Waals surface area contributed by atoms with Crippen molar-refractivity contribution in [2.45, 2.75) is 50.9 Å². The predicted molar refractivity (Wildman–Crippen MR) is 79.8 cm³/mol. The van der Waals surface area contributed by atoms with Crippen LogP contribution in [0.25, 0.3) is 10.9 Å². The van der Waals surface area contributed by atoms with Gasteiger partial charge >= 0.3 is 0 Å². The smallest absolute Gasteiger partial charge is 0.261 e. The Labute approximate surface area is 123 Å². The van der Waals surface area contributed by atoms with E-state index in [0.717, 1.165) is 17.6 Å². The molecule has 2 aromatic rings. The Morgan fingerprint density at radius 2 is 2.05 bits per heavy atom. The van der Waals surface area contributed by atoms with Crippen LogP contribution in [-0.2, 0) is 11.2 Å². The third-order valence-electron chi connectivity index (χ3n) is 4.96. The second kappa shape index (κ2) is 4.09. The summed E-state index contributed by atoms with van der Waals surface area (Å²) in [5.74, 6) is -0.327. The van der Waals surface area contributed by atoms with Crippen molar-refractivity contribution in [1.29, 1.82) is 0 Å². The number of carbonyl (C=O) groups is 1. The summed E-state index contributed by atoms with van der Waals surface area (Å²) in [5.41, 5.74) is 1.84. The molecule has 1 fully saturated rings. The van der Waals surface area contributed by atoms with Crippen molar-refractivity contribution in [3.05, 3.63) is 35.5 Å². The third-order valence-corrected chi connectivity index (χ3v) is 4.96. The number of rotatable bonds is 1. The number of halogens is 1. The van der Waals surface area contributed by atoms with Crippen molar-refractivity contribution in [1.82, 2.24) is 9.88 Å². The lowest BCUT2D eigenvalue weighted by atomic mass is 9.92. The summed E-state index contributed by atoms with van der Waals surface area (Å²) >= 11 is 0. The number of hydrogen-bond donors (Lipinski definition) is 1. The molecule has 1 N–H and O–H groups in total. The molecule has 0 spiro atoms. The fraction of sp³-hybridized carbons (Fsp3) is 0.471. The van der Waals surface area contributed by atoms with E-state index in [2.05, 4.69) is 17.1 Å². The molecule has 1 aliphatic heterocycles. The number of hydrogen-bond acceptors (Lipinski definition) is 1. The van der Waals surface area contributed by atoms with Crippen molar-refractivity contribution in [3.63, 3.8) is 0 Å². The van der Waals surface area contributed by atoms with Crippen LogP contribution in [0.5, 0.6) is 0 Å². The number of para-hydroxylation sites is 1. The van der Waals surface area contributed by atoms with Gasteiger partial charge in [-0.05, 0) is 44.7 Å². The minimum absolute atomic E-state index is 0.0347. The fourth-order valence-corrected chi connectivity index (χ4v) is 3.64. The number of aromatic amines is 1. The van der Waals surface area contributed by atoms with Gasteiger partial charge in [-0.2, -0.15) is 0 Å². The molecule has 2 aliphatic rings. The van der Waals surface area contributed by atoms with Gasteiger partial charge < -0.3 is 9.88 Å². The van der Waals surface area contributed by atoms with E-state index in [9.17, 15) is 9.18 Å². The normalized spacial score (nSPS) is 26.7. The topological polar surface area (TPSA) is 36.1 Å². The van der Waals surface area contributed by atoms with Gasteiger partial charge in [0, 0.05) is 22.6 Å². The zero-order valence-electron chi connectivity index (χ0n) is 12.3. The first kappa shape index (κ1) is 12.9. The molecule has 0 radical (unpaired) electrons. The van der Waals surface area contributed by atoms with Gasteiger partial charge in [0.2, 0.25) is 0 Å². The molecule has 1 aromatic heterocycles. The highest BCUT2D eigenvalue weighted by molar-refractivity contribution is 5.90. The number of H-pyrrole nitrogens is 1. The monoisotopic (exact) mass is 286 g/mol. The van der Waals surface area contributed by atoms with Crippen LogP contribution in [0.1, 0.15) is 44.0 Å². The van der Waals surface area contributed by atoms with E-state index < -0.39 is 5.67 Å². The number of benzene rings is 1. The molecular weight excluding hydrogens is 267 g/mol. The molecule has 0 saturated heterocycles. The predicted octanol–water partition coefficient (Wildman–Crippen LogP) is 3.50. The quantitative estimate of drug-likeness (QED) is 0.855. The Hall–Kier alpha value is -1.84. The van der Waals surface area contributed by atoms with E-state index in [-0.39, 0.29) is 18.0 Å². The highest BCUT2D eigenvalue weighted by Crippen LogP contribution is 2.45. The van der Waals surface area contributed by atoms with Gasteiger partial charge in [0.15, 0.2) is 5.67 Å². The van der Waals surface area contributed by atoms with E-state index in [1.54, 1.807) is 4.90 Å². The summed E-state index contributed by atoms with van der Waals surface area (Å²) in [6.07, 6.45) is 1.54. The molecule has 4 heteroatoms. The average Bonchev–Trinajstić information content (AvgIpc) is 3.10. The molecule has 110 valence electrons. The van der Waals surface area contributed by atoms with Crippen LogP contribution < -0.4 is 0 Å². The lowest BCUT2D eigenvalue weighted by Gasteiger charge is -2.39. The van der Waals surface area contributed by atoms with E-state index in [0.29, 0.717) is 12.8 Å². The minimum Gasteiger partial charge on any atom is -0.356 e. The van der Waals surface area contributed by atoms with Crippen LogP contribution in [0.2, 0.25) is 0 Å². The van der Waals surface area contributed by atoms with E-state index >= 15 is 0 Å². The first-order valence-electron chi connectivity index (χ1n) is 7.62. The molecule has 1 saturated carbocycles. The van der Waals surface area contributed by atoms with Crippen LogP contribution in [0.4, 0.5) is 4.39 Å². The number of aromatic nitrogens is 1. The van der Waals surface area contributed by atoms with Crippen molar-refractivity contribution in [2.75, 3.05) is 0 Å². The first-order chi connectivity index (χ1) is 10.0. The number of nitrogens with zero attached hydrogens (tertiary/aromatic N) is 1. The molecule has 0 bridgehead atoms. The Kier molecular flexibility index (Phi) is 2.51. The van der Waals surface area contributed by atoms with Gasteiger partial charge in [0.1, 0.15) is 0 Å². The summed E-state index contributed by atoms with van der Waals surface area (Å²) in [6.45, 7) is 4.01. The van der Waals surface area contributed by atoms with Gasteiger partial charge in [-0.15, -0.1) is 0 Å². The zero-order valence-corrected chi connectivity index (χ0v) is 12.3. The number of nitrogens with one attached hydrogen (secondary N) is 1. The van der Waals surface area contributed by atoms with Gasteiger partial charge in [0.05, 0.1) is 6.04 Å². The highest BCUT2D eigenvalue weighted by atomic mass is 19.1. The maximum absolute atomic E-state index is 14.2. The average molecular weight is 286 g/mol. The van der Waals surface area contributed by atoms with Crippen molar-refractivity contribution in [3.8, 4) is 0 Å². The Morgan fingerprint density at radius 1 is 1.33 bits per heavy atom. The Bertz CT molecular complexity index is 731. The molecule has 2 heterocycles. The number of alkyl halides is 1. The highest BCUT2D eigenvalue weighted by Gasteiger charge is 2.55. The minimum atomic E-state index is -1.59. The fourth-order valence-electron chi connectivity index (χ4n) is 3.64. The van der Waals surface area contributed by atoms with Crippen LogP contribution in [0.15, 0.2) is 24.3 Å². The summed E-state index contributed by atoms with van der Waals surface area (Å²) in [4.78, 5) is 17.6. The molecule has 1 aromatic carbocycles. The first-order valence-corrected chi connectivity index (χ1v) is 7.62. The van der Waals surface area contributed by atoms with Crippen LogP contribution >= 0.6 is 0 Å². The maximum atomic E-state index is 14.2. The van der Waals surface area contributed by atoms with Gasteiger partial charge in [0.25, 0.3) is 5.91 Å². The lowest BCUT2D eigenvalue weighted by molar-refractivity contribution is -0.143. The SMILES string of the molecule is C[C@@H]1Cc2c([nH]c3ccccc23)[C@@H](C)N1C(=O)C1(F)CC1. The maximum Gasteiger partial charge on any atom is 0.261 e. The Morgan fingerprint density at radius 3 is 2.76 bits per heavy atom. The summed E-state index contributed by atoms with van der Waals surface area (Å²) in [6, 6.07) is 8.13. The molecule has 1 aliphatic carbocycles. The molecule has 21 heavy (non-hydrogen) atoms. The summed E-state index contributed by atoms with van der Waals surface area (Å²) in [7, 11) is 0. The van der Waals surface area contributed by atoms with E-state index in [1.165, 1.54) is 10.9 Å². The number of carbonyl (C=O) groups excluding carboxylic acids is 1. The van der Waals surface area contributed by atoms with Gasteiger partial charge in [-0.3, -0.25) is 4.79 Å². The molecular formula is C17H19FN2O. The second-order valence-electron chi connectivity index (χ2n) is 6.47. The second-order valence-corrected chi connectivity index (χ2v) is 6.47. The zero-order chi connectivity index (χ0) is 14.8. The lowest BCUT2D eigenvalue weighted by Crippen LogP contribution is -2.48. The number of amides is 1. The summed E-state index contributed by atoms with van der Waals surface area (Å²) in [5, 5.41) is 1.22. The third kappa shape index (κ3) is 1.74. The van der Waals surface area contributed by atoms with Crippen LogP contribution in [0.3, 0.4) is 0 Å². The standard InChI is InChI=1S/C17H19FN2O/c1-10-9-13-12-5-3-4-6-14(12)19-15(13)11(2)20(10)16(21)17(18)7-8-17/h3-6,10-11,19H,7-9H2,1-2H3/t10-,11-/m1/s1. The molecule has 4 rings (SSSR count). The van der Waals surface area contributed by atoms with Crippen LogP contribution in [-0.4, -0.2) is 27.5 Å². The van der Waals surface area contributed by atoms with E-state index in [4.69, 9.17) is 0 Å². The number of fused-ring (bicyclic) bond motifs is 3. The molecule has 1 amide bonds. The summed E-state index contributed by atoms with van der Waals surface area (Å²) < 4.78 is 14.2. The molecule has 3 nitrogen and oxygen atoms in total. The van der Waals surface area contributed by atoms with Crippen molar-refractivity contribution in [2.24, 2.45) is 0 Å². The van der Waals surface area contributed by atoms with Gasteiger partial charge in [-0.25, -0.2) is 4.39 Å². The molecule has 0 unspecified atom stereocenters. The van der Waals surface area contributed by atoms with Crippen molar-refractivity contribution >= 4 is 16.8 Å². The molecule has 2 atom stereocenters. The van der Waals surface area contributed by atoms with E-state index in [1.807, 2.05) is 26.0 Å². The van der Waals surface area contributed by atoms with Crippen molar-refractivity contribution < 1.29 is 9.18 Å². The largest absolute Gasteiger partial charge is 0.356 e. The van der Waals surface area contributed by atoms with Gasteiger partial charge in [-0.1, -0.05) is 18.2 Å². The van der Waals surface area contributed by atoms with Crippen LogP contribution in [0, 0.1) is 0 Å².